The first-order valence-electron chi connectivity index (χ1n) is 14.0. The Labute approximate surface area is 226 Å². The van der Waals surface area contributed by atoms with E-state index in [1.54, 1.807) is 31.2 Å². The first kappa shape index (κ1) is 27.4. The Morgan fingerprint density at radius 3 is 2.03 bits per heavy atom. The van der Waals surface area contributed by atoms with Crippen molar-refractivity contribution in [2.24, 2.45) is 5.92 Å². The van der Waals surface area contributed by atoms with E-state index >= 15 is 13.2 Å². The molecule has 204 valence electrons. The number of aryl methyl sites for hydroxylation is 2. The molecule has 0 bridgehead atoms. The van der Waals surface area contributed by atoms with E-state index in [2.05, 4.69) is 6.07 Å². The highest BCUT2D eigenvalue weighted by Crippen LogP contribution is 2.44. The molecule has 3 aromatic carbocycles. The molecule has 0 aliphatic heterocycles. The summed E-state index contributed by atoms with van der Waals surface area (Å²) >= 11 is 0. The van der Waals surface area contributed by atoms with Gasteiger partial charge >= 0.3 is 0 Å². The molecule has 0 radical (unpaired) electrons. The van der Waals surface area contributed by atoms with E-state index < -0.39 is 29.1 Å². The molecule has 6 heteroatoms. The van der Waals surface area contributed by atoms with Crippen LogP contribution in [0, 0.1) is 46.3 Å². The second-order valence-corrected chi connectivity index (χ2v) is 11.1. The van der Waals surface area contributed by atoms with Crippen molar-refractivity contribution < 1.29 is 22.0 Å². The van der Waals surface area contributed by atoms with Gasteiger partial charge in [0.2, 0.25) is 0 Å². The van der Waals surface area contributed by atoms with Crippen molar-refractivity contribution in [3.05, 3.63) is 104 Å². The van der Waals surface area contributed by atoms with Crippen LogP contribution in [0.25, 0.3) is 0 Å². The minimum atomic E-state index is -1.07. The molecule has 0 amide bonds. The van der Waals surface area contributed by atoms with Gasteiger partial charge < -0.3 is 0 Å². The fourth-order valence-electron chi connectivity index (χ4n) is 6.59. The lowest BCUT2D eigenvalue weighted by Crippen LogP contribution is -2.23. The summed E-state index contributed by atoms with van der Waals surface area (Å²) in [6, 6.07) is 12.7. The van der Waals surface area contributed by atoms with E-state index in [0.717, 1.165) is 18.4 Å². The molecule has 5 rings (SSSR count). The monoisotopic (exact) mass is 537 g/mol. The number of hydrogen-bond donors (Lipinski definition) is 0. The molecule has 1 fully saturated rings. The lowest BCUT2D eigenvalue weighted by molar-refractivity contribution is 0.354. The Morgan fingerprint density at radius 2 is 1.36 bits per heavy atom. The van der Waals surface area contributed by atoms with Gasteiger partial charge in [-0.05, 0) is 122 Å². The molecule has 3 aromatic rings. The number of nitrogens with zero attached hydrogens (tertiary/aromatic N) is 1. The van der Waals surface area contributed by atoms with Crippen LogP contribution in [0.1, 0.15) is 96.2 Å². The van der Waals surface area contributed by atoms with E-state index in [9.17, 15) is 8.78 Å². The van der Waals surface area contributed by atoms with Crippen LogP contribution in [-0.4, -0.2) is 0 Å². The van der Waals surface area contributed by atoms with Crippen LogP contribution in [0.4, 0.5) is 22.0 Å². The Hall–Kier alpha value is -3.20. The summed E-state index contributed by atoms with van der Waals surface area (Å²) in [5.41, 5.74) is 2.57. The molecule has 1 atom stereocenters. The van der Waals surface area contributed by atoms with E-state index in [1.165, 1.54) is 0 Å². The largest absolute Gasteiger partial charge is 0.206 e. The third-order valence-corrected chi connectivity index (χ3v) is 8.95. The fraction of sp³-hybridized carbons (Fsp3) is 0.424. The molecule has 2 aliphatic carbocycles. The average Bonchev–Trinajstić information content (AvgIpc) is 2.97. The Balaban J connectivity index is 1.28. The molecular formula is C33H32F5N. The van der Waals surface area contributed by atoms with Crippen LogP contribution in [0.15, 0.2) is 36.4 Å². The summed E-state index contributed by atoms with van der Waals surface area (Å²) < 4.78 is 75.0. The van der Waals surface area contributed by atoms with Gasteiger partial charge in [-0.15, -0.1) is 0 Å². The first-order chi connectivity index (χ1) is 18.8. The molecule has 39 heavy (non-hydrogen) atoms. The molecule has 1 unspecified atom stereocenters. The number of nitriles is 1. The molecule has 0 heterocycles. The van der Waals surface area contributed by atoms with Crippen LogP contribution >= 0.6 is 0 Å². The summed E-state index contributed by atoms with van der Waals surface area (Å²) in [6.45, 7) is 1.76. The first-order valence-corrected chi connectivity index (χ1v) is 14.0. The number of fused-ring (bicyclic) bond motifs is 1. The predicted octanol–water partition coefficient (Wildman–Crippen LogP) is 9.00. The van der Waals surface area contributed by atoms with E-state index in [4.69, 9.17) is 5.26 Å². The fourth-order valence-corrected chi connectivity index (χ4v) is 6.59. The van der Waals surface area contributed by atoms with Gasteiger partial charge in [-0.1, -0.05) is 31.2 Å². The van der Waals surface area contributed by atoms with Crippen molar-refractivity contribution in [1.29, 1.82) is 5.26 Å². The smallest absolute Gasteiger partial charge is 0.165 e. The highest BCUT2D eigenvalue weighted by atomic mass is 19.2. The van der Waals surface area contributed by atoms with Crippen molar-refractivity contribution in [1.82, 2.24) is 0 Å². The van der Waals surface area contributed by atoms with E-state index in [-0.39, 0.29) is 46.4 Å². The highest BCUT2D eigenvalue weighted by molar-refractivity contribution is 5.41. The van der Waals surface area contributed by atoms with Gasteiger partial charge in [-0.3, -0.25) is 0 Å². The van der Waals surface area contributed by atoms with Crippen LogP contribution in [-0.2, 0) is 25.7 Å². The van der Waals surface area contributed by atoms with Gasteiger partial charge in [0.25, 0.3) is 0 Å². The molecule has 1 nitrogen and oxygen atoms in total. The standard InChI is InChI=1S/C33H32F5N/c1-2-21-10-15-25(30(35)29(21)34)9-3-19-6-16-26-27(17-19)32(37)33(38)28(31(26)36)24-13-11-23(12-14-24)22-7-4-20(18-39)5-8-22/h4-5,7-8,10,15,19,23-24H,2-3,6,9,11-14,16-17H2,1H3. The summed E-state index contributed by atoms with van der Waals surface area (Å²) in [5.74, 6) is -4.48. The Bertz CT molecular complexity index is 1400. The Kier molecular flexibility index (Phi) is 8.07. The van der Waals surface area contributed by atoms with Gasteiger partial charge in [0.05, 0.1) is 11.6 Å². The van der Waals surface area contributed by atoms with Gasteiger partial charge in [0, 0.05) is 5.56 Å². The average molecular weight is 538 g/mol. The van der Waals surface area contributed by atoms with Gasteiger partial charge in [-0.25, -0.2) is 22.0 Å². The molecule has 0 spiro atoms. The topological polar surface area (TPSA) is 23.8 Å². The number of rotatable bonds is 6. The van der Waals surface area contributed by atoms with E-state index in [1.807, 2.05) is 12.1 Å². The summed E-state index contributed by atoms with van der Waals surface area (Å²) in [7, 11) is 0. The molecule has 0 aromatic heterocycles. The predicted molar refractivity (Wildman–Crippen MR) is 141 cm³/mol. The lowest BCUT2D eigenvalue weighted by Gasteiger charge is -2.32. The van der Waals surface area contributed by atoms with Crippen LogP contribution in [0.2, 0.25) is 0 Å². The van der Waals surface area contributed by atoms with Gasteiger partial charge in [0.1, 0.15) is 5.82 Å². The summed E-state index contributed by atoms with van der Waals surface area (Å²) in [6.07, 6.45) is 4.90. The zero-order valence-corrected chi connectivity index (χ0v) is 22.1. The molecule has 0 saturated heterocycles. The number of halogens is 5. The second-order valence-electron chi connectivity index (χ2n) is 11.1. The van der Waals surface area contributed by atoms with Crippen molar-refractivity contribution in [3.8, 4) is 6.07 Å². The van der Waals surface area contributed by atoms with E-state index in [0.29, 0.717) is 56.1 Å². The summed E-state index contributed by atoms with van der Waals surface area (Å²) in [4.78, 5) is 0. The molecular weight excluding hydrogens is 505 g/mol. The third-order valence-electron chi connectivity index (χ3n) is 8.95. The maximum absolute atomic E-state index is 15.7. The van der Waals surface area contributed by atoms with Crippen molar-refractivity contribution in [2.75, 3.05) is 0 Å². The zero-order chi connectivity index (χ0) is 27.7. The normalized spacial score (nSPS) is 20.9. The van der Waals surface area contributed by atoms with Gasteiger partial charge in [0.15, 0.2) is 23.3 Å². The lowest BCUT2D eigenvalue weighted by atomic mass is 9.73. The minimum Gasteiger partial charge on any atom is -0.206 e. The number of hydrogen-bond acceptors (Lipinski definition) is 1. The van der Waals surface area contributed by atoms with Crippen LogP contribution in [0.5, 0.6) is 0 Å². The maximum Gasteiger partial charge on any atom is 0.165 e. The van der Waals surface area contributed by atoms with Crippen molar-refractivity contribution in [2.45, 2.75) is 83.0 Å². The quantitative estimate of drug-likeness (QED) is 0.227. The van der Waals surface area contributed by atoms with Crippen molar-refractivity contribution in [3.63, 3.8) is 0 Å². The number of benzene rings is 3. The SMILES string of the molecule is CCc1ccc(CCC2CCc3c(F)c(C4CCC(c5ccc(C#N)cc5)CC4)c(F)c(F)c3C2)c(F)c1F. The molecule has 2 aliphatic rings. The Morgan fingerprint density at radius 1 is 0.718 bits per heavy atom. The summed E-state index contributed by atoms with van der Waals surface area (Å²) in [5, 5.41) is 9.00. The highest BCUT2D eigenvalue weighted by Gasteiger charge is 2.34. The van der Waals surface area contributed by atoms with Crippen LogP contribution in [0.3, 0.4) is 0 Å². The maximum atomic E-state index is 15.7. The second kappa shape index (κ2) is 11.5. The molecule has 1 saturated carbocycles. The molecule has 0 N–H and O–H groups in total. The minimum absolute atomic E-state index is 0.0622. The third kappa shape index (κ3) is 5.33. The van der Waals surface area contributed by atoms with Crippen LogP contribution < -0.4 is 0 Å². The van der Waals surface area contributed by atoms with Crippen molar-refractivity contribution >= 4 is 0 Å². The van der Waals surface area contributed by atoms with Gasteiger partial charge in [-0.2, -0.15) is 5.26 Å². The zero-order valence-electron chi connectivity index (χ0n) is 22.1.